The van der Waals surface area contributed by atoms with Gasteiger partial charge in [-0.1, -0.05) is 68.3 Å². The SMILES string of the molecule is CCCCCc1ccc(-c2ccc(-c3ccc(C(F)(F)Oc4ccc(-c5ccc(OC(F)(F)F)c(F)c5)c(F)c4)c(F)c3)c(F)c2)cc1. The fourth-order valence-corrected chi connectivity index (χ4v) is 5.16. The number of ether oxygens (including phenoxy) is 2. The molecule has 0 aliphatic carbocycles. The van der Waals surface area contributed by atoms with Crippen LogP contribution in [-0.4, -0.2) is 6.36 Å². The zero-order valence-corrected chi connectivity index (χ0v) is 25.3. The Bertz CT molecular complexity index is 1900. The molecule has 0 aliphatic rings. The lowest BCUT2D eigenvalue weighted by molar-refractivity contribution is -0.275. The normalized spacial score (nSPS) is 11.9. The maximum absolute atomic E-state index is 15.2. The van der Waals surface area contributed by atoms with Gasteiger partial charge in [-0.25, -0.2) is 17.6 Å². The first-order chi connectivity index (χ1) is 22.7. The van der Waals surface area contributed by atoms with Crippen LogP contribution < -0.4 is 9.47 Å². The Morgan fingerprint density at radius 3 is 1.67 bits per heavy atom. The van der Waals surface area contributed by atoms with Gasteiger partial charge in [0.05, 0.1) is 5.56 Å². The number of unbranched alkanes of at least 4 members (excludes halogenated alkanes) is 2. The van der Waals surface area contributed by atoms with Crippen molar-refractivity contribution in [3.8, 4) is 44.9 Å². The van der Waals surface area contributed by atoms with Crippen molar-refractivity contribution in [2.75, 3.05) is 0 Å². The van der Waals surface area contributed by atoms with E-state index in [1.807, 2.05) is 24.3 Å². The van der Waals surface area contributed by atoms with Gasteiger partial charge in [-0.2, -0.15) is 8.78 Å². The number of hydrogen-bond acceptors (Lipinski definition) is 2. The third-order valence-electron chi connectivity index (χ3n) is 7.57. The summed E-state index contributed by atoms with van der Waals surface area (Å²) >= 11 is 0. The highest BCUT2D eigenvalue weighted by molar-refractivity contribution is 5.71. The number of hydrogen-bond donors (Lipinski definition) is 0. The molecule has 5 aromatic rings. The van der Waals surface area contributed by atoms with Crippen molar-refractivity contribution < 1.29 is 49.0 Å². The molecule has 0 saturated carbocycles. The van der Waals surface area contributed by atoms with Gasteiger partial charge in [0, 0.05) is 17.2 Å². The molecule has 48 heavy (non-hydrogen) atoms. The minimum Gasteiger partial charge on any atom is -0.429 e. The van der Waals surface area contributed by atoms with E-state index < -0.39 is 52.8 Å². The highest BCUT2D eigenvalue weighted by Gasteiger charge is 2.38. The molecule has 5 aromatic carbocycles. The van der Waals surface area contributed by atoms with E-state index in [-0.39, 0.29) is 22.3 Å². The standard InChI is InChI=1S/C37H27F9O2/c1-2-3-4-5-22-6-8-23(9-7-22)24-10-14-28(31(38)18-24)25-11-16-30(33(40)19-25)36(42,43)47-27-13-15-29(32(39)21-27)26-12-17-35(34(41)20-26)48-37(44,45)46/h6-21H,2-5H2,1H3. The van der Waals surface area contributed by atoms with Crippen molar-refractivity contribution >= 4 is 0 Å². The van der Waals surface area contributed by atoms with Crippen molar-refractivity contribution in [1.29, 1.82) is 0 Å². The van der Waals surface area contributed by atoms with E-state index >= 15 is 17.6 Å². The van der Waals surface area contributed by atoms with Crippen molar-refractivity contribution in [3.63, 3.8) is 0 Å². The molecule has 0 heterocycles. The Hall–Kier alpha value is -4.93. The molecule has 0 aromatic heterocycles. The average Bonchev–Trinajstić information content (AvgIpc) is 3.01. The Balaban J connectivity index is 1.30. The summed E-state index contributed by atoms with van der Waals surface area (Å²) in [6, 6.07) is 19.2. The van der Waals surface area contributed by atoms with Gasteiger partial charge in [0.1, 0.15) is 23.2 Å². The molecule has 0 unspecified atom stereocenters. The largest absolute Gasteiger partial charge is 0.573 e. The summed E-state index contributed by atoms with van der Waals surface area (Å²) in [6.07, 6.45) is -5.18. The Labute approximate surface area is 270 Å². The first-order valence-corrected chi connectivity index (χ1v) is 14.9. The minimum atomic E-state index is -5.15. The number of aryl methyl sites for hydroxylation is 1. The Morgan fingerprint density at radius 1 is 0.521 bits per heavy atom. The van der Waals surface area contributed by atoms with E-state index in [4.69, 9.17) is 0 Å². The van der Waals surface area contributed by atoms with Crippen LogP contribution in [0.2, 0.25) is 0 Å². The average molecular weight is 675 g/mol. The predicted octanol–water partition coefficient (Wildman–Crippen LogP) is 12.0. The van der Waals surface area contributed by atoms with E-state index in [1.54, 1.807) is 6.07 Å². The van der Waals surface area contributed by atoms with Crippen LogP contribution in [0.15, 0.2) is 97.1 Å². The van der Waals surface area contributed by atoms with Gasteiger partial charge in [0.2, 0.25) is 0 Å². The van der Waals surface area contributed by atoms with Crippen LogP contribution in [0.4, 0.5) is 39.5 Å². The van der Waals surface area contributed by atoms with Gasteiger partial charge in [-0.3, -0.25) is 0 Å². The maximum Gasteiger partial charge on any atom is 0.573 e. The Kier molecular flexibility index (Phi) is 10.1. The van der Waals surface area contributed by atoms with E-state index in [0.717, 1.165) is 67.6 Å². The molecule has 5 rings (SSSR count). The summed E-state index contributed by atoms with van der Waals surface area (Å²) in [4.78, 5) is 0. The molecule has 0 radical (unpaired) electrons. The number of halogens is 9. The maximum atomic E-state index is 15.2. The van der Waals surface area contributed by atoms with E-state index in [9.17, 15) is 22.0 Å². The molecule has 0 saturated heterocycles. The van der Waals surface area contributed by atoms with E-state index in [1.165, 1.54) is 17.7 Å². The van der Waals surface area contributed by atoms with Gasteiger partial charge in [-0.15, -0.1) is 13.2 Å². The van der Waals surface area contributed by atoms with Crippen LogP contribution in [-0.2, 0) is 12.5 Å². The second kappa shape index (κ2) is 14.0. The van der Waals surface area contributed by atoms with Crippen LogP contribution in [0.5, 0.6) is 11.5 Å². The second-order valence-corrected chi connectivity index (χ2v) is 11.0. The fraction of sp³-hybridized carbons (Fsp3) is 0.189. The van der Waals surface area contributed by atoms with Crippen molar-refractivity contribution in [1.82, 2.24) is 0 Å². The third-order valence-corrected chi connectivity index (χ3v) is 7.57. The van der Waals surface area contributed by atoms with Gasteiger partial charge >= 0.3 is 12.5 Å². The van der Waals surface area contributed by atoms with Gasteiger partial charge < -0.3 is 9.47 Å². The smallest absolute Gasteiger partial charge is 0.429 e. The lowest BCUT2D eigenvalue weighted by Gasteiger charge is -2.20. The number of rotatable bonds is 11. The molecular formula is C37H27F9O2. The highest BCUT2D eigenvalue weighted by atomic mass is 19.4. The summed E-state index contributed by atoms with van der Waals surface area (Å²) in [5, 5.41) is 0. The molecule has 0 amide bonds. The minimum absolute atomic E-state index is 0.00310. The molecule has 0 fully saturated rings. The van der Waals surface area contributed by atoms with Gasteiger partial charge in [0.15, 0.2) is 11.6 Å². The second-order valence-electron chi connectivity index (χ2n) is 11.0. The molecule has 2 nitrogen and oxygen atoms in total. The summed E-state index contributed by atoms with van der Waals surface area (Å²) in [5.41, 5.74) is 0.767. The van der Waals surface area contributed by atoms with Crippen LogP contribution in [0, 0.1) is 23.3 Å². The lowest BCUT2D eigenvalue weighted by Crippen LogP contribution is -2.23. The third kappa shape index (κ3) is 8.13. The zero-order chi connectivity index (χ0) is 34.6. The lowest BCUT2D eigenvalue weighted by atomic mass is 9.97. The van der Waals surface area contributed by atoms with E-state index in [0.29, 0.717) is 23.8 Å². The molecule has 250 valence electrons. The van der Waals surface area contributed by atoms with Gasteiger partial charge in [-0.05, 0) is 83.1 Å². The highest BCUT2D eigenvalue weighted by Crippen LogP contribution is 2.38. The fourth-order valence-electron chi connectivity index (χ4n) is 5.16. The molecule has 11 heteroatoms. The monoisotopic (exact) mass is 674 g/mol. The molecule has 0 aliphatic heterocycles. The van der Waals surface area contributed by atoms with Crippen molar-refractivity contribution in [2.45, 2.75) is 45.1 Å². The van der Waals surface area contributed by atoms with E-state index in [2.05, 4.69) is 16.4 Å². The first kappa shape index (κ1) is 34.4. The summed E-state index contributed by atoms with van der Waals surface area (Å²) < 4.78 is 135. The summed E-state index contributed by atoms with van der Waals surface area (Å²) in [7, 11) is 0. The molecule has 0 N–H and O–H groups in total. The van der Waals surface area contributed by atoms with Crippen LogP contribution >= 0.6 is 0 Å². The zero-order valence-electron chi connectivity index (χ0n) is 25.3. The van der Waals surface area contributed by atoms with Gasteiger partial charge in [0.25, 0.3) is 0 Å². The summed E-state index contributed by atoms with van der Waals surface area (Å²) in [6.45, 7) is 2.13. The van der Waals surface area contributed by atoms with Crippen LogP contribution in [0.3, 0.4) is 0 Å². The summed E-state index contributed by atoms with van der Waals surface area (Å²) in [5.74, 6) is -6.57. The molecular weight excluding hydrogens is 647 g/mol. The van der Waals surface area contributed by atoms with Crippen molar-refractivity contribution in [2.24, 2.45) is 0 Å². The first-order valence-electron chi connectivity index (χ1n) is 14.9. The predicted molar refractivity (Wildman–Crippen MR) is 163 cm³/mol. The van der Waals surface area contributed by atoms with Crippen LogP contribution in [0.25, 0.3) is 33.4 Å². The number of benzene rings is 5. The molecule has 0 atom stereocenters. The number of alkyl halides is 5. The van der Waals surface area contributed by atoms with Crippen molar-refractivity contribution in [3.05, 3.63) is 131 Å². The molecule has 0 bridgehead atoms. The quantitative estimate of drug-likeness (QED) is 0.103. The molecule has 0 spiro atoms. The Morgan fingerprint density at radius 2 is 1.08 bits per heavy atom. The topological polar surface area (TPSA) is 18.5 Å². The van der Waals surface area contributed by atoms with Crippen LogP contribution in [0.1, 0.15) is 37.3 Å².